The summed E-state index contributed by atoms with van der Waals surface area (Å²) >= 11 is 0. The number of hydrogen-bond acceptors (Lipinski definition) is 2. The summed E-state index contributed by atoms with van der Waals surface area (Å²) in [5.41, 5.74) is 6.20. The molecule has 0 aromatic carbocycles. The lowest BCUT2D eigenvalue weighted by Gasteiger charge is -2.33. The predicted molar refractivity (Wildman–Crippen MR) is 70.8 cm³/mol. The van der Waals surface area contributed by atoms with Crippen molar-refractivity contribution < 1.29 is 4.79 Å². The fraction of sp³-hybridized carbons (Fsp3) is 0.933. The summed E-state index contributed by atoms with van der Waals surface area (Å²) in [7, 11) is 0. The average Bonchev–Trinajstić information content (AvgIpc) is 2.30. The predicted octanol–water partition coefficient (Wildman–Crippen LogP) is 3.58. The molecule has 2 aliphatic carbocycles. The van der Waals surface area contributed by atoms with Crippen molar-refractivity contribution in [1.29, 1.82) is 0 Å². The van der Waals surface area contributed by atoms with Crippen LogP contribution in [0.25, 0.3) is 0 Å². The number of carbonyl (C=O) groups excluding carboxylic acids is 1. The van der Waals surface area contributed by atoms with E-state index in [1.54, 1.807) is 0 Å². The molecule has 2 rings (SSSR count). The van der Waals surface area contributed by atoms with Crippen LogP contribution in [0.15, 0.2) is 0 Å². The van der Waals surface area contributed by atoms with E-state index in [-0.39, 0.29) is 5.54 Å². The van der Waals surface area contributed by atoms with E-state index in [9.17, 15) is 4.79 Å². The fourth-order valence-corrected chi connectivity index (χ4v) is 3.61. The van der Waals surface area contributed by atoms with Crippen LogP contribution >= 0.6 is 0 Å². The molecule has 0 bridgehead atoms. The summed E-state index contributed by atoms with van der Waals surface area (Å²) in [6.45, 7) is 0. The van der Waals surface area contributed by atoms with Gasteiger partial charge in [0, 0.05) is 18.4 Å². The van der Waals surface area contributed by atoms with E-state index in [0.717, 1.165) is 19.3 Å². The Balaban J connectivity index is 1.75. The SMILES string of the molecule is NC1(CC(=O)CC2CCCCC2)CCCCC1. The van der Waals surface area contributed by atoms with Crippen molar-refractivity contribution in [3.63, 3.8) is 0 Å². The van der Waals surface area contributed by atoms with Crippen LogP contribution in [0.5, 0.6) is 0 Å². The highest BCUT2D eigenvalue weighted by Gasteiger charge is 2.30. The van der Waals surface area contributed by atoms with Crippen LogP contribution < -0.4 is 5.73 Å². The molecule has 0 aromatic rings. The topological polar surface area (TPSA) is 43.1 Å². The Morgan fingerprint density at radius 2 is 1.59 bits per heavy atom. The van der Waals surface area contributed by atoms with Gasteiger partial charge in [-0.25, -0.2) is 0 Å². The van der Waals surface area contributed by atoms with Gasteiger partial charge in [-0.05, 0) is 18.8 Å². The minimum Gasteiger partial charge on any atom is -0.325 e. The Hall–Kier alpha value is -0.370. The number of carbonyl (C=O) groups is 1. The molecule has 2 nitrogen and oxygen atoms in total. The number of Topliss-reactive ketones (excluding diaryl/α,β-unsaturated/α-hetero) is 1. The number of hydrogen-bond donors (Lipinski definition) is 1. The minimum atomic E-state index is -0.149. The van der Waals surface area contributed by atoms with Crippen molar-refractivity contribution in [2.75, 3.05) is 0 Å². The Bertz CT molecular complexity index is 250. The Morgan fingerprint density at radius 1 is 1.00 bits per heavy atom. The summed E-state index contributed by atoms with van der Waals surface area (Å²) in [5.74, 6) is 1.10. The molecule has 2 saturated carbocycles. The van der Waals surface area contributed by atoms with E-state index < -0.39 is 0 Å². The maximum Gasteiger partial charge on any atom is 0.135 e. The molecular weight excluding hydrogens is 210 g/mol. The molecule has 17 heavy (non-hydrogen) atoms. The second-order valence-corrected chi connectivity index (χ2v) is 6.35. The van der Waals surface area contributed by atoms with Crippen LogP contribution in [0.2, 0.25) is 0 Å². The van der Waals surface area contributed by atoms with Crippen LogP contribution in [-0.2, 0) is 4.79 Å². The van der Waals surface area contributed by atoms with Gasteiger partial charge < -0.3 is 5.73 Å². The van der Waals surface area contributed by atoms with Gasteiger partial charge in [0.1, 0.15) is 5.78 Å². The number of nitrogens with two attached hydrogens (primary N) is 1. The third-order valence-electron chi connectivity index (χ3n) is 4.64. The fourth-order valence-electron chi connectivity index (χ4n) is 3.61. The van der Waals surface area contributed by atoms with E-state index in [1.165, 1.54) is 51.4 Å². The van der Waals surface area contributed by atoms with Crippen molar-refractivity contribution in [2.45, 2.75) is 82.6 Å². The number of rotatable bonds is 4. The quantitative estimate of drug-likeness (QED) is 0.812. The largest absolute Gasteiger partial charge is 0.325 e. The molecule has 0 saturated heterocycles. The van der Waals surface area contributed by atoms with Gasteiger partial charge >= 0.3 is 0 Å². The lowest BCUT2D eigenvalue weighted by atomic mass is 9.77. The lowest BCUT2D eigenvalue weighted by Crippen LogP contribution is -2.43. The summed E-state index contributed by atoms with van der Waals surface area (Å²) < 4.78 is 0. The van der Waals surface area contributed by atoms with Crippen LogP contribution in [0.1, 0.15) is 77.0 Å². The van der Waals surface area contributed by atoms with E-state index in [0.29, 0.717) is 18.1 Å². The second-order valence-electron chi connectivity index (χ2n) is 6.35. The van der Waals surface area contributed by atoms with Crippen molar-refractivity contribution in [3.05, 3.63) is 0 Å². The highest BCUT2D eigenvalue weighted by atomic mass is 16.1. The maximum atomic E-state index is 12.1. The summed E-state index contributed by atoms with van der Waals surface area (Å²) in [6, 6.07) is 0. The van der Waals surface area contributed by atoms with Gasteiger partial charge in [-0.3, -0.25) is 4.79 Å². The summed E-state index contributed by atoms with van der Waals surface area (Å²) in [6.07, 6.45) is 13.8. The average molecular weight is 237 g/mol. The van der Waals surface area contributed by atoms with Gasteiger partial charge in [0.2, 0.25) is 0 Å². The Morgan fingerprint density at radius 3 is 2.24 bits per heavy atom. The normalized spacial score (nSPS) is 25.7. The van der Waals surface area contributed by atoms with Gasteiger partial charge in [0.05, 0.1) is 0 Å². The van der Waals surface area contributed by atoms with Crippen LogP contribution in [0.3, 0.4) is 0 Å². The maximum absolute atomic E-state index is 12.1. The molecule has 2 N–H and O–H groups in total. The smallest absolute Gasteiger partial charge is 0.135 e. The molecular formula is C15H27NO. The molecule has 0 amide bonds. The first-order chi connectivity index (χ1) is 8.18. The van der Waals surface area contributed by atoms with Gasteiger partial charge in [-0.15, -0.1) is 0 Å². The minimum absolute atomic E-state index is 0.149. The van der Waals surface area contributed by atoms with Crippen LogP contribution in [-0.4, -0.2) is 11.3 Å². The van der Waals surface area contributed by atoms with Crippen molar-refractivity contribution in [3.8, 4) is 0 Å². The molecule has 0 aliphatic heterocycles. The van der Waals surface area contributed by atoms with Crippen molar-refractivity contribution >= 4 is 5.78 Å². The highest BCUT2D eigenvalue weighted by molar-refractivity contribution is 5.79. The lowest BCUT2D eigenvalue weighted by molar-refractivity contribution is -0.121. The van der Waals surface area contributed by atoms with Gasteiger partial charge in [-0.2, -0.15) is 0 Å². The van der Waals surface area contributed by atoms with Crippen molar-refractivity contribution in [1.82, 2.24) is 0 Å². The third-order valence-corrected chi connectivity index (χ3v) is 4.64. The molecule has 0 heterocycles. The molecule has 2 heteroatoms. The summed E-state index contributed by atoms with van der Waals surface area (Å²) in [5, 5.41) is 0. The Labute approximate surface area is 105 Å². The van der Waals surface area contributed by atoms with Gasteiger partial charge in [0.25, 0.3) is 0 Å². The van der Waals surface area contributed by atoms with E-state index in [4.69, 9.17) is 5.73 Å². The van der Waals surface area contributed by atoms with Crippen LogP contribution in [0.4, 0.5) is 0 Å². The van der Waals surface area contributed by atoms with Crippen molar-refractivity contribution in [2.24, 2.45) is 11.7 Å². The molecule has 0 aromatic heterocycles. The third kappa shape index (κ3) is 4.09. The zero-order valence-electron chi connectivity index (χ0n) is 11.0. The summed E-state index contributed by atoms with van der Waals surface area (Å²) in [4.78, 5) is 12.1. The van der Waals surface area contributed by atoms with Gasteiger partial charge in [0.15, 0.2) is 0 Å². The molecule has 0 spiro atoms. The molecule has 0 radical (unpaired) electrons. The Kier molecular flexibility index (Phi) is 4.61. The van der Waals surface area contributed by atoms with E-state index in [1.807, 2.05) is 0 Å². The zero-order chi connectivity index (χ0) is 12.1. The molecule has 2 fully saturated rings. The zero-order valence-corrected chi connectivity index (χ0v) is 11.0. The molecule has 0 unspecified atom stereocenters. The van der Waals surface area contributed by atoms with Crippen LogP contribution in [0, 0.1) is 5.92 Å². The first kappa shape index (κ1) is 13.1. The van der Waals surface area contributed by atoms with E-state index >= 15 is 0 Å². The molecule has 0 atom stereocenters. The molecule has 2 aliphatic rings. The highest BCUT2D eigenvalue weighted by Crippen LogP contribution is 2.31. The monoisotopic (exact) mass is 237 g/mol. The van der Waals surface area contributed by atoms with Gasteiger partial charge in [-0.1, -0.05) is 51.4 Å². The first-order valence-corrected chi connectivity index (χ1v) is 7.49. The second kappa shape index (κ2) is 5.99. The number of ketones is 1. The standard InChI is InChI=1S/C15H27NO/c16-15(9-5-2-6-10-15)12-14(17)11-13-7-3-1-4-8-13/h13H,1-12,16H2. The molecule has 98 valence electrons. The first-order valence-electron chi connectivity index (χ1n) is 7.49. The van der Waals surface area contributed by atoms with E-state index in [2.05, 4.69) is 0 Å².